The van der Waals surface area contributed by atoms with Gasteiger partial charge in [0.05, 0.1) is 11.0 Å². The van der Waals surface area contributed by atoms with Gasteiger partial charge in [-0.1, -0.05) is 24.3 Å². The van der Waals surface area contributed by atoms with Crippen LogP contribution in [0.2, 0.25) is 0 Å². The van der Waals surface area contributed by atoms with E-state index in [9.17, 15) is 9.59 Å². The van der Waals surface area contributed by atoms with Crippen LogP contribution >= 0.6 is 0 Å². The van der Waals surface area contributed by atoms with Crippen LogP contribution in [0, 0.1) is 6.92 Å². The van der Waals surface area contributed by atoms with E-state index in [2.05, 4.69) is 46.3 Å². The average molecular weight is 450 g/mol. The van der Waals surface area contributed by atoms with Gasteiger partial charge in [-0.05, 0) is 57.0 Å². The zero-order chi connectivity index (χ0) is 23.4. The number of piperazine rings is 1. The monoisotopic (exact) mass is 449 g/mol. The molecule has 0 saturated carbocycles. The van der Waals surface area contributed by atoms with Gasteiger partial charge in [0.15, 0.2) is 0 Å². The first kappa shape index (κ1) is 23.1. The van der Waals surface area contributed by atoms with E-state index in [1.165, 1.54) is 11.3 Å². The van der Waals surface area contributed by atoms with Crippen molar-refractivity contribution in [3.8, 4) is 0 Å². The molecule has 7 nitrogen and oxygen atoms in total. The number of nitrogens with zero attached hydrogens (tertiary/aromatic N) is 4. The molecule has 1 aromatic heterocycles. The first-order valence-electron chi connectivity index (χ1n) is 12.0. The lowest BCUT2D eigenvalue weighted by Crippen LogP contribution is -2.47. The molecular weight excluding hydrogens is 414 g/mol. The number of fused-ring (bicyclic) bond motifs is 1. The number of imidazole rings is 1. The molecule has 2 aromatic carbocycles. The molecule has 1 N–H and O–H groups in total. The summed E-state index contributed by atoms with van der Waals surface area (Å²) in [7, 11) is 0. The number of amides is 1. The van der Waals surface area contributed by atoms with Crippen LogP contribution in [0.5, 0.6) is 0 Å². The molecule has 1 aliphatic heterocycles. The maximum atomic E-state index is 12.8. The molecule has 176 valence electrons. The molecular formula is C26H35N5O2. The molecule has 0 radical (unpaired) electrons. The van der Waals surface area contributed by atoms with Gasteiger partial charge in [-0.25, -0.2) is 4.79 Å². The summed E-state index contributed by atoms with van der Waals surface area (Å²) in [5, 5.41) is 3.08. The van der Waals surface area contributed by atoms with Crippen LogP contribution < -0.4 is 15.9 Å². The third-order valence-corrected chi connectivity index (χ3v) is 6.57. The van der Waals surface area contributed by atoms with Gasteiger partial charge in [0, 0.05) is 51.0 Å². The van der Waals surface area contributed by atoms with Crippen molar-refractivity contribution in [2.24, 2.45) is 0 Å². The highest BCUT2D eigenvalue weighted by Crippen LogP contribution is 2.18. The van der Waals surface area contributed by atoms with E-state index >= 15 is 0 Å². The maximum Gasteiger partial charge on any atom is 0.329 e. The van der Waals surface area contributed by atoms with Crippen LogP contribution in [0.3, 0.4) is 0 Å². The predicted octanol–water partition coefficient (Wildman–Crippen LogP) is 2.85. The maximum absolute atomic E-state index is 12.8. The van der Waals surface area contributed by atoms with Crippen LogP contribution in [0.1, 0.15) is 25.8 Å². The van der Waals surface area contributed by atoms with Gasteiger partial charge in [0.2, 0.25) is 5.91 Å². The number of anilines is 1. The Kier molecular flexibility index (Phi) is 7.18. The minimum atomic E-state index is -0.131. The van der Waals surface area contributed by atoms with Crippen LogP contribution in [-0.2, 0) is 17.9 Å². The molecule has 1 saturated heterocycles. The van der Waals surface area contributed by atoms with Crippen molar-refractivity contribution in [3.05, 3.63) is 64.6 Å². The Hall–Kier alpha value is -3.06. The lowest BCUT2D eigenvalue weighted by molar-refractivity contribution is -0.122. The summed E-state index contributed by atoms with van der Waals surface area (Å²) >= 11 is 0. The number of benzene rings is 2. The van der Waals surface area contributed by atoms with Crippen LogP contribution in [0.25, 0.3) is 11.0 Å². The Bertz CT molecular complexity index is 1160. The topological polar surface area (TPSA) is 62.5 Å². The summed E-state index contributed by atoms with van der Waals surface area (Å²) in [4.78, 5) is 30.4. The van der Waals surface area contributed by atoms with E-state index in [0.717, 1.165) is 50.2 Å². The highest BCUT2D eigenvalue weighted by atomic mass is 16.2. The van der Waals surface area contributed by atoms with Crippen molar-refractivity contribution in [1.82, 2.24) is 19.4 Å². The van der Waals surface area contributed by atoms with Gasteiger partial charge in [-0.3, -0.25) is 18.8 Å². The number of para-hydroxylation sites is 2. The summed E-state index contributed by atoms with van der Waals surface area (Å²) in [5.74, 6) is -0.118. The highest BCUT2D eigenvalue weighted by molar-refractivity contribution is 5.81. The first-order chi connectivity index (χ1) is 16.0. The van der Waals surface area contributed by atoms with Gasteiger partial charge < -0.3 is 10.2 Å². The molecule has 7 heteroatoms. The Morgan fingerprint density at radius 1 is 1.00 bits per heavy atom. The Morgan fingerprint density at radius 2 is 1.70 bits per heavy atom. The fraction of sp³-hybridized carbons (Fsp3) is 0.462. The number of hydrogen-bond acceptors (Lipinski definition) is 4. The van der Waals surface area contributed by atoms with Crippen molar-refractivity contribution >= 4 is 22.6 Å². The van der Waals surface area contributed by atoms with Crippen LogP contribution in [0.15, 0.2) is 53.3 Å². The number of aryl methyl sites for hydroxylation is 2. The predicted molar refractivity (Wildman–Crippen MR) is 134 cm³/mol. The molecule has 1 amide bonds. The molecule has 1 unspecified atom stereocenters. The molecule has 0 aliphatic carbocycles. The lowest BCUT2D eigenvalue weighted by Gasteiger charge is -2.36. The summed E-state index contributed by atoms with van der Waals surface area (Å²) in [6, 6.07) is 16.4. The molecule has 0 bridgehead atoms. The molecule has 0 spiro atoms. The summed E-state index contributed by atoms with van der Waals surface area (Å²) in [6.45, 7) is 11.8. The SMILES string of the molecule is CCn1c(=O)n(CC(=O)NC(C)CCN2CCN(c3cccc(C)c3)CC2)c2ccccc21. The molecule has 1 fully saturated rings. The Labute approximate surface area is 195 Å². The second-order valence-electron chi connectivity index (χ2n) is 9.03. The van der Waals surface area contributed by atoms with E-state index < -0.39 is 0 Å². The molecule has 33 heavy (non-hydrogen) atoms. The molecule has 4 rings (SSSR count). The van der Waals surface area contributed by atoms with Crippen LogP contribution in [-0.4, -0.2) is 58.7 Å². The smallest absolute Gasteiger partial charge is 0.329 e. The van der Waals surface area contributed by atoms with E-state index in [4.69, 9.17) is 0 Å². The normalized spacial score (nSPS) is 15.7. The third-order valence-electron chi connectivity index (χ3n) is 6.57. The Morgan fingerprint density at radius 3 is 2.36 bits per heavy atom. The Balaban J connectivity index is 1.26. The van der Waals surface area contributed by atoms with Gasteiger partial charge in [0.25, 0.3) is 0 Å². The first-order valence-corrected chi connectivity index (χ1v) is 12.0. The minimum Gasteiger partial charge on any atom is -0.369 e. The lowest BCUT2D eigenvalue weighted by atomic mass is 10.1. The molecule has 1 aliphatic rings. The quantitative estimate of drug-likeness (QED) is 0.575. The number of rotatable bonds is 8. The minimum absolute atomic E-state index is 0.0475. The highest BCUT2D eigenvalue weighted by Gasteiger charge is 2.19. The number of hydrogen-bond donors (Lipinski definition) is 1. The number of carbonyl (C=O) groups is 1. The zero-order valence-corrected chi connectivity index (χ0v) is 20.0. The van der Waals surface area contributed by atoms with Crippen molar-refractivity contribution < 1.29 is 4.79 Å². The van der Waals surface area contributed by atoms with Crippen molar-refractivity contribution in [1.29, 1.82) is 0 Å². The number of nitrogens with one attached hydrogen (secondary N) is 1. The van der Waals surface area contributed by atoms with Crippen molar-refractivity contribution in [2.45, 2.75) is 46.3 Å². The van der Waals surface area contributed by atoms with E-state index in [1.54, 1.807) is 9.13 Å². The van der Waals surface area contributed by atoms with Crippen LogP contribution in [0.4, 0.5) is 5.69 Å². The second kappa shape index (κ2) is 10.3. The molecule has 1 atom stereocenters. The van der Waals surface area contributed by atoms with Crippen molar-refractivity contribution in [3.63, 3.8) is 0 Å². The number of carbonyl (C=O) groups excluding carboxylic acids is 1. The van der Waals surface area contributed by atoms with E-state index in [0.29, 0.717) is 6.54 Å². The van der Waals surface area contributed by atoms with E-state index in [-0.39, 0.29) is 24.2 Å². The van der Waals surface area contributed by atoms with Gasteiger partial charge in [-0.15, -0.1) is 0 Å². The standard InChI is InChI=1S/C26H35N5O2/c1-4-30-23-10-5-6-11-24(23)31(26(30)33)19-25(32)27-21(3)12-13-28-14-16-29(17-15-28)22-9-7-8-20(2)18-22/h5-11,18,21H,4,12-17,19H2,1-3H3,(H,27,32). The van der Waals surface area contributed by atoms with Gasteiger partial charge >= 0.3 is 5.69 Å². The van der Waals surface area contributed by atoms with Gasteiger partial charge in [0.1, 0.15) is 6.54 Å². The fourth-order valence-electron chi connectivity index (χ4n) is 4.70. The number of aromatic nitrogens is 2. The van der Waals surface area contributed by atoms with Gasteiger partial charge in [-0.2, -0.15) is 0 Å². The average Bonchev–Trinajstić information content (AvgIpc) is 3.08. The molecule has 2 heterocycles. The summed E-state index contributed by atoms with van der Waals surface area (Å²) < 4.78 is 3.29. The zero-order valence-electron chi connectivity index (χ0n) is 20.0. The fourth-order valence-corrected chi connectivity index (χ4v) is 4.70. The largest absolute Gasteiger partial charge is 0.369 e. The van der Waals surface area contributed by atoms with Crippen molar-refractivity contribution in [2.75, 3.05) is 37.6 Å². The summed E-state index contributed by atoms with van der Waals surface area (Å²) in [5.41, 5.74) is 4.14. The molecule has 3 aromatic rings. The second-order valence-corrected chi connectivity index (χ2v) is 9.03. The van der Waals surface area contributed by atoms with E-state index in [1.807, 2.05) is 38.1 Å². The third kappa shape index (κ3) is 5.30. The summed E-state index contributed by atoms with van der Waals surface area (Å²) in [6.07, 6.45) is 0.891.